The molecular weight excluding hydrogens is 196 g/mol. The molecule has 0 aliphatic carbocycles. The zero-order valence-electron chi connectivity index (χ0n) is 8.91. The number of esters is 1. The highest BCUT2D eigenvalue weighted by molar-refractivity contribution is 5.71. The molecule has 1 fully saturated rings. The van der Waals surface area contributed by atoms with Crippen molar-refractivity contribution in [2.24, 2.45) is 0 Å². The van der Waals surface area contributed by atoms with Gasteiger partial charge < -0.3 is 13.9 Å². The lowest BCUT2D eigenvalue weighted by atomic mass is 9.80. The van der Waals surface area contributed by atoms with Crippen LogP contribution in [0.4, 0.5) is 0 Å². The van der Waals surface area contributed by atoms with Gasteiger partial charge in [-0.15, -0.1) is 0 Å². The molecule has 1 aromatic heterocycles. The van der Waals surface area contributed by atoms with E-state index in [-0.39, 0.29) is 11.4 Å². The van der Waals surface area contributed by atoms with Gasteiger partial charge in [-0.05, 0) is 19.1 Å². The summed E-state index contributed by atoms with van der Waals surface area (Å²) in [6.45, 7) is 2.93. The van der Waals surface area contributed by atoms with E-state index in [2.05, 4.69) is 4.74 Å². The van der Waals surface area contributed by atoms with Crippen LogP contribution in [-0.4, -0.2) is 26.3 Å². The quantitative estimate of drug-likeness (QED) is 0.708. The third-order valence-electron chi connectivity index (χ3n) is 2.73. The summed E-state index contributed by atoms with van der Waals surface area (Å²) in [7, 11) is 1.39. The summed E-state index contributed by atoms with van der Waals surface area (Å²) in [5.74, 6) is 1.44. The Morgan fingerprint density at radius 1 is 1.53 bits per heavy atom. The third-order valence-corrected chi connectivity index (χ3v) is 2.73. The highest BCUT2D eigenvalue weighted by Gasteiger charge is 2.45. The Balaban J connectivity index is 2.18. The fourth-order valence-corrected chi connectivity index (χ4v) is 1.75. The first kappa shape index (κ1) is 10.2. The summed E-state index contributed by atoms with van der Waals surface area (Å²) < 4.78 is 15.4. The molecule has 0 bridgehead atoms. The summed E-state index contributed by atoms with van der Waals surface area (Å²) >= 11 is 0. The molecule has 0 aromatic carbocycles. The van der Waals surface area contributed by atoms with Crippen LogP contribution in [0.2, 0.25) is 0 Å². The second-order valence-corrected chi connectivity index (χ2v) is 3.94. The Hall–Kier alpha value is -1.29. The van der Waals surface area contributed by atoms with Gasteiger partial charge in [0.2, 0.25) is 0 Å². The van der Waals surface area contributed by atoms with Gasteiger partial charge in [0.1, 0.15) is 11.5 Å². The fraction of sp³-hybridized carbons (Fsp3) is 0.545. The molecule has 0 saturated carbocycles. The molecule has 15 heavy (non-hydrogen) atoms. The standard InChI is InChI=1S/C11H14O4/c1-8-3-4-9(15-8)11(6-14-7-11)5-10(12)13-2/h3-4H,5-7H2,1-2H3. The van der Waals surface area contributed by atoms with Gasteiger partial charge in [-0.3, -0.25) is 4.79 Å². The number of hydrogen-bond donors (Lipinski definition) is 0. The van der Waals surface area contributed by atoms with Crippen molar-refractivity contribution in [1.82, 2.24) is 0 Å². The van der Waals surface area contributed by atoms with Gasteiger partial charge >= 0.3 is 5.97 Å². The fourth-order valence-electron chi connectivity index (χ4n) is 1.75. The van der Waals surface area contributed by atoms with Crippen LogP contribution < -0.4 is 0 Å². The molecule has 0 atom stereocenters. The average molecular weight is 210 g/mol. The van der Waals surface area contributed by atoms with E-state index in [0.29, 0.717) is 19.6 Å². The molecule has 82 valence electrons. The predicted molar refractivity (Wildman–Crippen MR) is 52.6 cm³/mol. The van der Waals surface area contributed by atoms with Crippen LogP contribution in [-0.2, 0) is 19.7 Å². The minimum Gasteiger partial charge on any atom is -0.469 e. The van der Waals surface area contributed by atoms with Gasteiger partial charge in [0.05, 0.1) is 32.2 Å². The van der Waals surface area contributed by atoms with Gasteiger partial charge in [0.25, 0.3) is 0 Å². The number of carbonyl (C=O) groups is 1. The lowest BCUT2D eigenvalue weighted by molar-refractivity contribution is -0.150. The molecule has 2 heterocycles. The Labute approximate surface area is 88.2 Å². The van der Waals surface area contributed by atoms with Crippen molar-refractivity contribution in [1.29, 1.82) is 0 Å². The van der Waals surface area contributed by atoms with E-state index in [1.165, 1.54) is 7.11 Å². The SMILES string of the molecule is COC(=O)CC1(c2ccc(C)o2)COC1. The minimum absolute atomic E-state index is 0.229. The molecule has 0 spiro atoms. The van der Waals surface area contributed by atoms with E-state index in [0.717, 1.165) is 11.5 Å². The van der Waals surface area contributed by atoms with Crippen molar-refractivity contribution in [2.45, 2.75) is 18.8 Å². The molecule has 2 rings (SSSR count). The first-order chi connectivity index (χ1) is 7.16. The monoisotopic (exact) mass is 210 g/mol. The van der Waals surface area contributed by atoms with Gasteiger partial charge in [0.15, 0.2) is 0 Å². The molecule has 1 saturated heterocycles. The lowest BCUT2D eigenvalue weighted by Crippen LogP contribution is -2.48. The molecule has 4 heteroatoms. The highest BCUT2D eigenvalue weighted by Crippen LogP contribution is 2.36. The Morgan fingerprint density at radius 3 is 2.67 bits per heavy atom. The number of hydrogen-bond acceptors (Lipinski definition) is 4. The van der Waals surface area contributed by atoms with Crippen LogP contribution in [0.1, 0.15) is 17.9 Å². The molecule has 1 aliphatic heterocycles. The van der Waals surface area contributed by atoms with Crippen LogP contribution in [0.15, 0.2) is 16.5 Å². The average Bonchev–Trinajstić information content (AvgIpc) is 2.58. The van der Waals surface area contributed by atoms with Crippen LogP contribution >= 0.6 is 0 Å². The number of rotatable bonds is 3. The summed E-state index contributed by atoms with van der Waals surface area (Å²) in [6, 6.07) is 3.80. The highest BCUT2D eigenvalue weighted by atomic mass is 16.5. The summed E-state index contributed by atoms with van der Waals surface area (Å²) in [4.78, 5) is 11.3. The van der Waals surface area contributed by atoms with Crippen LogP contribution in [0.5, 0.6) is 0 Å². The smallest absolute Gasteiger partial charge is 0.306 e. The van der Waals surface area contributed by atoms with Gasteiger partial charge in [0, 0.05) is 0 Å². The topological polar surface area (TPSA) is 48.7 Å². The zero-order chi connectivity index (χ0) is 10.9. The molecule has 0 N–H and O–H groups in total. The first-order valence-electron chi connectivity index (χ1n) is 4.88. The molecule has 1 aromatic rings. The summed E-state index contributed by atoms with van der Waals surface area (Å²) in [6.07, 6.45) is 0.316. The second-order valence-electron chi connectivity index (χ2n) is 3.94. The lowest BCUT2D eigenvalue weighted by Gasteiger charge is -2.38. The molecular formula is C11H14O4. The van der Waals surface area contributed by atoms with E-state index >= 15 is 0 Å². The maximum Gasteiger partial charge on any atom is 0.306 e. The Kier molecular flexibility index (Phi) is 2.52. The number of carbonyl (C=O) groups excluding carboxylic acids is 1. The number of furan rings is 1. The van der Waals surface area contributed by atoms with Crippen molar-refractivity contribution < 1.29 is 18.7 Å². The van der Waals surface area contributed by atoms with Crippen LogP contribution in [0.25, 0.3) is 0 Å². The van der Waals surface area contributed by atoms with Crippen molar-refractivity contribution in [3.8, 4) is 0 Å². The predicted octanol–water partition coefficient (Wildman–Crippen LogP) is 1.42. The molecule has 0 unspecified atom stereocenters. The molecule has 4 nitrogen and oxygen atoms in total. The summed E-state index contributed by atoms with van der Waals surface area (Å²) in [5, 5.41) is 0. The second kappa shape index (κ2) is 3.70. The molecule has 0 amide bonds. The number of ether oxygens (including phenoxy) is 2. The maximum atomic E-state index is 11.3. The maximum absolute atomic E-state index is 11.3. The normalized spacial score (nSPS) is 18.3. The Morgan fingerprint density at radius 2 is 2.27 bits per heavy atom. The zero-order valence-corrected chi connectivity index (χ0v) is 8.91. The Bertz CT molecular complexity index is 362. The summed E-state index contributed by atoms with van der Waals surface area (Å²) in [5.41, 5.74) is -0.304. The van der Waals surface area contributed by atoms with Gasteiger partial charge in [-0.25, -0.2) is 0 Å². The van der Waals surface area contributed by atoms with Gasteiger partial charge in [-0.2, -0.15) is 0 Å². The van der Waals surface area contributed by atoms with Crippen molar-refractivity contribution in [2.75, 3.05) is 20.3 Å². The van der Waals surface area contributed by atoms with E-state index in [1.54, 1.807) is 0 Å². The number of aryl methyl sites for hydroxylation is 1. The van der Waals surface area contributed by atoms with Crippen molar-refractivity contribution in [3.63, 3.8) is 0 Å². The third kappa shape index (κ3) is 1.77. The largest absolute Gasteiger partial charge is 0.469 e. The molecule has 1 aliphatic rings. The van der Waals surface area contributed by atoms with E-state index in [1.807, 2.05) is 19.1 Å². The van der Waals surface area contributed by atoms with E-state index in [9.17, 15) is 4.79 Å². The van der Waals surface area contributed by atoms with Crippen molar-refractivity contribution in [3.05, 3.63) is 23.7 Å². The number of methoxy groups -OCH3 is 1. The minimum atomic E-state index is -0.304. The van der Waals surface area contributed by atoms with E-state index in [4.69, 9.17) is 9.15 Å². The van der Waals surface area contributed by atoms with Crippen molar-refractivity contribution >= 4 is 5.97 Å². The van der Waals surface area contributed by atoms with Crippen LogP contribution in [0.3, 0.4) is 0 Å². The van der Waals surface area contributed by atoms with Gasteiger partial charge in [-0.1, -0.05) is 0 Å². The molecule has 0 radical (unpaired) electrons. The van der Waals surface area contributed by atoms with Crippen LogP contribution in [0, 0.1) is 6.92 Å². The van der Waals surface area contributed by atoms with E-state index < -0.39 is 0 Å². The first-order valence-corrected chi connectivity index (χ1v) is 4.88.